The Labute approximate surface area is 135 Å². The van der Waals surface area contributed by atoms with Crippen LogP contribution < -0.4 is 0 Å². The zero-order valence-corrected chi connectivity index (χ0v) is 13.1. The first kappa shape index (κ1) is 14.2. The van der Waals surface area contributed by atoms with Crippen molar-refractivity contribution in [3.63, 3.8) is 0 Å². The van der Waals surface area contributed by atoms with Gasteiger partial charge in [-0.25, -0.2) is 9.37 Å². The van der Waals surface area contributed by atoms with Crippen molar-refractivity contribution in [2.75, 3.05) is 0 Å². The molecule has 1 heterocycles. The van der Waals surface area contributed by atoms with Gasteiger partial charge in [-0.2, -0.15) is 0 Å². The van der Waals surface area contributed by atoms with Crippen LogP contribution in [0.25, 0.3) is 0 Å². The van der Waals surface area contributed by atoms with Crippen molar-refractivity contribution < 1.29 is 4.39 Å². The fourth-order valence-electron chi connectivity index (χ4n) is 3.63. The van der Waals surface area contributed by atoms with Gasteiger partial charge in [0.05, 0.1) is 12.4 Å². The predicted octanol–water partition coefficient (Wildman–Crippen LogP) is 4.71. The normalized spacial score (nSPS) is 17.9. The molecule has 0 saturated heterocycles. The van der Waals surface area contributed by atoms with Gasteiger partial charge in [0, 0.05) is 18.0 Å². The molecule has 2 atom stereocenters. The Bertz CT molecular complexity index is 823. The smallest absolute Gasteiger partial charge is 0.128 e. The number of halogens is 1. The van der Waals surface area contributed by atoms with E-state index in [1.54, 1.807) is 18.6 Å². The van der Waals surface area contributed by atoms with E-state index in [-0.39, 0.29) is 11.9 Å². The molecule has 0 aliphatic heterocycles. The van der Waals surface area contributed by atoms with E-state index in [2.05, 4.69) is 30.1 Å². The first-order valence-electron chi connectivity index (χ1n) is 8.08. The molecule has 0 fully saturated rings. The number of hydrogen-bond acceptors (Lipinski definition) is 1. The van der Waals surface area contributed by atoms with Crippen molar-refractivity contribution in [1.82, 2.24) is 9.55 Å². The van der Waals surface area contributed by atoms with Gasteiger partial charge in [-0.15, -0.1) is 0 Å². The standard InChI is InChI=1S/C20H19FN2/c1-14-6-7-15-8-9-16(12-18(14)15)20(23-11-10-22-13-23)17-4-2-3-5-19(17)21/h2-5,8-14,20H,6-7H2,1H3. The largest absolute Gasteiger partial charge is 0.326 e. The number of benzene rings is 2. The van der Waals surface area contributed by atoms with E-state index in [0.29, 0.717) is 11.5 Å². The molecule has 0 spiro atoms. The molecule has 116 valence electrons. The molecule has 2 nitrogen and oxygen atoms in total. The number of aromatic nitrogens is 2. The summed E-state index contributed by atoms with van der Waals surface area (Å²) in [6.45, 7) is 2.27. The molecule has 0 bridgehead atoms. The van der Waals surface area contributed by atoms with Gasteiger partial charge in [-0.3, -0.25) is 0 Å². The highest BCUT2D eigenvalue weighted by Crippen LogP contribution is 2.36. The monoisotopic (exact) mass is 306 g/mol. The molecular formula is C20H19FN2. The van der Waals surface area contributed by atoms with E-state index in [1.165, 1.54) is 23.6 Å². The molecule has 0 saturated carbocycles. The first-order valence-corrected chi connectivity index (χ1v) is 8.08. The third-order valence-corrected chi connectivity index (χ3v) is 4.89. The van der Waals surface area contributed by atoms with Crippen LogP contribution in [0.4, 0.5) is 4.39 Å². The molecule has 2 unspecified atom stereocenters. The highest BCUT2D eigenvalue weighted by Gasteiger charge is 2.23. The maximum absolute atomic E-state index is 14.4. The predicted molar refractivity (Wildman–Crippen MR) is 89.0 cm³/mol. The Morgan fingerprint density at radius 1 is 1.22 bits per heavy atom. The van der Waals surface area contributed by atoms with Crippen LogP contribution in [0.15, 0.2) is 61.2 Å². The Morgan fingerprint density at radius 2 is 2.09 bits per heavy atom. The van der Waals surface area contributed by atoms with Crippen LogP contribution in [0, 0.1) is 5.82 Å². The summed E-state index contributed by atoms with van der Waals surface area (Å²) in [5, 5.41) is 0. The summed E-state index contributed by atoms with van der Waals surface area (Å²) in [5.74, 6) is 0.397. The van der Waals surface area contributed by atoms with Crippen LogP contribution >= 0.6 is 0 Å². The third-order valence-electron chi connectivity index (χ3n) is 4.89. The van der Waals surface area contributed by atoms with Gasteiger partial charge in [0.2, 0.25) is 0 Å². The molecule has 0 radical (unpaired) electrons. The molecule has 2 aromatic carbocycles. The van der Waals surface area contributed by atoms with Crippen LogP contribution in [-0.2, 0) is 6.42 Å². The van der Waals surface area contributed by atoms with Crippen molar-refractivity contribution in [3.8, 4) is 0 Å². The number of nitrogens with zero attached hydrogens (tertiary/aromatic N) is 2. The summed E-state index contributed by atoms with van der Waals surface area (Å²) in [6.07, 6.45) is 7.74. The molecule has 0 amide bonds. The van der Waals surface area contributed by atoms with Gasteiger partial charge >= 0.3 is 0 Å². The summed E-state index contributed by atoms with van der Waals surface area (Å²) in [5.41, 5.74) is 4.62. The quantitative estimate of drug-likeness (QED) is 0.685. The molecule has 3 heteroatoms. The molecule has 0 N–H and O–H groups in total. The number of aryl methyl sites for hydroxylation is 1. The number of rotatable bonds is 3. The summed E-state index contributed by atoms with van der Waals surface area (Å²) < 4.78 is 16.4. The van der Waals surface area contributed by atoms with Crippen LogP contribution in [0.2, 0.25) is 0 Å². The van der Waals surface area contributed by atoms with E-state index >= 15 is 0 Å². The van der Waals surface area contributed by atoms with Gasteiger partial charge in [0.25, 0.3) is 0 Å². The Balaban J connectivity index is 1.87. The summed E-state index contributed by atoms with van der Waals surface area (Å²) >= 11 is 0. The second kappa shape index (κ2) is 5.65. The second-order valence-corrected chi connectivity index (χ2v) is 6.33. The maximum Gasteiger partial charge on any atom is 0.128 e. The van der Waals surface area contributed by atoms with Crippen molar-refractivity contribution in [1.29, 1.82) is 0 Å². The highest BCUT2D eigenvalue weighted by molar-refractivity contribution is 5.42. The van der Waals surface area contributed by atoms with Crippen LogP contribution in [0.1, 0.15) is 47.6 Å². The number of imidazole rings is 1. The van der Waals surface area contributed by atoms with Crippen molar-refractivity contribution in [2.45, 2.75) is 31.7 Å². The third kappa shape index (κ3) is 2.46. The van der Waals surface area contributed by atoms with Gasteiger partial charge in [0.1, 0.15) is 5.82 Å². The topological polar surface area (TPSA) is 17.8 Å². The van der Waals surface area contributed by atoms with Crippen LogP contribution in [0.5, 0.6) is 0 Å². The van der Waals surface area contributed by atoms with E-state index in [4.69, 9.17) is 0 Å². The molecule has 4 rings (SSSR count). The fraction of sp³-hybridized carbons (Fsp3) is 0.250. The average molecular weight is 306 g/mol. The Morgan fingerprint density at radius 3 is 2.87 bits per heavy atom. The van der Waals surface area contributed by atoms with E-state index in [0.717, 1.165) is 12.0 Å². The van der Waals surface area contributed by atoms with Crippen molar-refractivity contribution in [3.05, 3.63) is 89.3 Å². The Hall–Kier alpha value is -2.42. The van der Waals surface area contributed by atoms with E-state index < -0.39 is 0 Å². The van der Waals surface area contributed by atoms with Gasteiger partial charge in [-0.1, -0.05) is 43.3 Å². The van der Waals surface area contributed by atoms with Crippen LogP contribution in [0.3, 0.4) is 0 Å². The summed E-state index contributed by atoms with van der Waals surface area (Å²) in [7, 11) is 0. The molecule has 1 aliphatic rings. The zero-order valence-electron chi connectivity index (χ0n) is 13.1. The lowest BCUT2D eigenvalue weighted by Crippen LogP contribution is -2.13. The minimum atomic E-state index is -0.184. The van der Waals surface area contributed by atoms with Crippen molar-refractivity contribution >= 4 is 0 Å². The zero-order chi connectivity index (χ0) is 15.8. The number of fused-ring (bicyclic) bond motifs is 1. The fourth-order valence-corrected chi connectivity index (χ4v) is 3.63. The molecular weight excluding hydrogens is 287 g/mol. The molecule has 3 aromatic rings. The minimum absolute atomic E-state index is 0.181. The average Bonchev–Trinajstić information content (AvgIpc) is 3.21. The SMILES string of the molecule is CC1CCc2ccc(C(c3ccccc3F)n3ccnc3)cc21. The number of hydrogen-bond donors (Lipinski definition) is 0. The van der Waals surface area contributed by atoms with Gasteiger partial charge in [0.15, 0.2) is 0 Å². The van der Waals surface area contributed by atoms with E-state index in [9.17, 15) is 4.39 Å². The molecule has 1 aliphatic carbocycles. The Kier molecular flexibility index (Phi) is 3.49. The van der Waals surface area contributed by atoms with Gasteiger partial charge in [-0.05, 0) is 41.5 Å². The highest BCUT2D eigenvalue weighted by atomic mass is 19.1. The van der Waals surface area contributed by atoms with Crippen molar-refractivity contribution in [2.24, 2.45) is 0 Å². The lowest BCUT2D eigenvalue weighted by atomic mass is 9.93. The van der Waals surface area contributed by atoms with Gasteiger partial charge < -0.3 is 4.57 Å². The summed E-state index contributed by atoms with van der Waals surface area (Å²) in [4.78, 5) is 4.15. The molecule has 1 aromatic heterocycles. The lowest BCUT2D eigenvalue weighted by Gasteiger charge is -2.21. The molecule has 23 heavy (non-hydrogen) atoms. The lowest BCUT2D eigenvalue weighted by molar-refractivity contribution is 0.572. The maximum atomic E-state index is 14.4. The first-order chi connectivity index (χ1) is 11.2. The second-order valence-electron chi connectivity index (χ2n) is 6.33. The minimum Gasteiger partial charge on any atom is -0.326 e. The van der Waals surface area contributed by atoms with E-state index in [1.807, 2.05) is 22.9 Å². The summed E-state index contributed by atoms with van der Waals surface area (Å²) in [6, 6.07) is 13.4. The van der Waals surface area contributed by atoms with Crippen LogP contribution in [-0.4, -0.2) is 9.55 Å².